The van der Waals surface area contributed by atoms with Gasteiger partial charge in [-0.05, 0) is 18.7 Å². The third-order valence-electron chi connectivity index (χ3n) is 0.778. The highest BCUT2D eigenvalue weighted by molar-refractivity contribution is 6.13. The van der Waals surface area contributed by atoms with Crippen LogP contribution in [0.25, 0.3) is 0 Å². The number of esters is 1. The number of carbonyl (C=O) groups excluding carboxylic acids is 1. The average Bonchev–Trinajstić information content (AvgIpc) is 1.88. The van der Waals surface area contributed by atoms with Crippen molar-refractivity contribution >= 4 is 17.7 Å². The van der Waals surface area contributed by atoms with Gasteiger partial charge in [0.1, 0.15) is 6.61 Å². The largest absolute Gasteiger partial charge is 0.461 e. The van der Waals surface area contributed by atoms with Gasteiger partial charge in [-0.2, -0.15) is 0 Å². The Hall–Kier alpha value is -0.540. The minimum absolute atomic E-state index is 0.273. The summed E-state index contributed by atoms with van der Waals surface area (Å²) in [5.74, 6) is -0.382. The Kier molecular flexibility index (Phi) is 4.98. The molecule has 4 heteroatoms. The standard InChI is InChI=1S/C6H10ClNO2/c1-5(2)6(9)10-4-3-8-7/h8H,1,3-4H2,2H3. The highest BCUT2D eigenvalue weighted by Gasteiger charge is 2.00. The Bertz CT molecular complexity index is 136. The van der Waals surface area contributed by atoms with Gasteiger partial charge in [0.25, 0.3) is 0 Å². The summed E-state index contributed by atoms with van der Waals surface area (Å²) in [6.07, 6.45) is 0. The van der Waals surface area contributed by atoms with Crippen LogP contribution in [0.3, 0.4) is 0 Å². The molecule has 0 aliphatic heterocycles. The fourth-order valence-electron chi connectivity index (χ4n) is 0.306. The molecule has 0 aromatic carbocycles. The number of carbonyl (C=O) groups is 1. The topological polar surface area (TPSA) is 38.3 Å². The van der Waals surface area contributed by atoms with Crippen LogP contribution >= 0.6 is 11.8 Å². The SMILES string of the molecule is C=C(C)C(=O)OCCNCl. The maximum atomic E-state index is 10.6. The highest BCUT2D eigenvalue weighted by Crippen LogP contribution is 1.90. The van der Waals surface area contributed by atoms with E-state index in [2.05, 4.69) is 16.2 Å². The third-order valence-corrected chi connectivity index (χ3v) is 0.967. The van der Waals surface area contributed by atoms with Gasteiger partial charge in [-0.25, -0.2) is 9.63 Å². The second-order valence-electron chi connectivity index (χ2n) is 1.80. The summed E-state index contributed by atoms with van der Waals surface area (Å²) in [6.45, 7) is 5.72. The van der Waals surface area contributed by atoms with Crippen molar-refractivity contribution in [3.8, 4) is 0 Å². The summed E-state index contributed by atoms with van der Waals surface area (Å²) in [7, 11) is 0. The predicted molar refractivity (Wildman–Crippen MR) is 39.6 cm³/mol. The molecule has 0 aliphatic carbocycles. The molecule has 0 saturated carbocycles. The van der Waals surface area contributed by atoms with Crippen LogP contribution in [0.4, 0.5) is 0 Å². The van der Waals surface area contributed by atoms with Crippen LogP contribution in [0.2, 0.25) is 0 Å². The van der Waals surface area contributed by atoms with E-state index < -0.39 is 0 Å². The van der Waals surface area contributed by atoms with Crippen molar-refractivity contribution in [2.24, 2.45) is 0 Å². The lowest BCUT2D eigenvalue weighted by Gasteiger charge is -2.01. The Morgan fingerprint density at radius 2 is 2.40 bits per heavy atom. The van der Waals surface area contributed by atoms with Crippen molar-refractivity contribution in [1.29, 1.82) is 0 Å². The summed E-state index contributed by atoms with van der Waals surface area (Å²) < 4.78 is 4.66. The maximum absolute atomic E-state index is 10.6. The van der Waals surface area contributed by atoms with Crippen molar-refractivity contribution in [2.45, 2.75) is 6.92 Å². The van der Waals surface area contributed by atoms with E-state index in [0.717, 1.165) is 0 Å². The summed E-state index contributed by atoms with van der Waals surface area (Å²) in [5.41, 5.74) is 0.398. The number of nitrogens with one attached hydrogen (secondary N) is 1. The molecule has 0 amide bonds. The van der Waals surface area contributed by atoms with Crippen LogP contribution < -0.4 is 4.84 Å². The van der Waals surface area contributed by atoms with Crippen LogP contribution in [0.15, 0.2) is 12.2 Å². The summed E-state index contributed by atoms with van der Waals surface area (Å²) >= 11 is 5.10. The minimum Gasteiger partial charge on any atom is -0.461 e. The first-order chi connectivity index (χ1) is 4.68. The molecule has 0 atom stereocenters. The predicted octanol–water partition coefficient (Wildman–Crippen LogP) is 0.849. The molecule has 58 valence electrons. The first kappa shape index (κ1) is 9.46. The normalized spacial score (nSPS) is 9.00. The van der Waals surface area contributed by atoms with E-state index in [1.807, 2.05) is 0 Å². The zero-order chi connectivity index (χ0) is 7.98. The van der Waals surface area contributed by atoms with E-state index >= 15 is 0 Å². The van der Waals surface area contributed by atoms with Gasteiger partial charge in [-0.1, -0.05) is 6.58 Å². The first-order valence-electron chi connectivity index (χ1n) is 2.84. The van der Waals surface area contributed by atoms with Crippen LogP contribution in [0.1, 0.15) is 6.92 Å². The lowest BCUT2D eigenvalue weighted by molar-refractivity contribution is -0.138. The second kappa shape index (κ2) is 5.26. The van der Waals surface area contributed by atoms with E-state index in [9.17, 15) is 4.79 Å². The molecule has 10 heavy (non-hydrogen) atoms. The molecule has 0 rings (SSSR count). The molecule has 0 bridgehead atoms. The van der Waals surface area contributed by atoms with Gasteiger partial charge in [0.15, 0.2) is 0 Å². The maximum Gasteiger partial charge on any atom is 0.333 e. The fourth-order valence-corrected chi connectivity index (χ4v) is 0.383. The van der Waals surface area contributed by atoms with Gasteiger partial charge in [0.2, 0.25) is 0 Å². The molecular formula is C6H10ClNO2. The molecule has 0 aromatic heterocycles. The summed E-state index contributed by atoms with van der Waals surface area (Å²) in [5, 5.41) is 0. The fraction of sp³-hybridized carbons (Fsp3) is 0.500. The second-order valence-corrected chi connectivity index (χ2v) is 2.07. The van der Waals surface area contributed by atoms with Crippen LogP contribution in [-0.4, -0.2) is 19.1 Å². The Morgan fingerprint density at radius 3 is 2.80 bits per heavy atom. The Balaban J connectivity index is 3.31. The molecule has 0 fully saturated rings. The lowest BCUT2D eigenvalue weighted by atomic mass is 10.4. The zero-order valence-corrected chi connectivity index (χ0v) is 6.57. The van der Waals surface area contributed by atoms with E-state index in [-0.39, 0.29) is 12.6 Å². The van der Waals surface area contributed by atoms with Gasteiger partial charge in [0, 0.05) is 12.1 Å². The number of rotatable bonds is 4. The Morgan fingerprint density at radius 1 is 1.80 bits per heavy atom. The van der Waals surface area contributed by atoms with Crippen LogP contribution in [0, 0.1) is 0 Å². The quantitative estimate of drug-likeness (QED) is 0.289. The number of ether oxygens (including phenoxy) is 1. The van der Waals surface area contributed by atoms with Crippen molar-refractivity contribution < 1.29 is 9.53 Å². The zero-order valence-electron chi connectivity index (χ0n) is 5.82. The first-order valence-corrected chi connectivity index (χ1v) is 3.22. The Labute approximate surface area is 65.1 Å². The molecule has 0 saturated heterocycles. The lowest BCUT2D eigenvalue weighted by Crippen LogP contribution is -2.14. The van der Waals surface area contributed by atoms with E-state index in [1.165, 1.54) is 0 Å². The summed E-state index contributed by atoms with van der Waals surface area (Å²) in [4.78, 5) is 13.0. The van der Waals surface area contributed by atoms with E-state index in [4.69, 9.17) is 11.8 Å². The highest BCUT2D eigenvalue weighted by atomic mass is 35.5. The van der Waals surface area contributed by atoms with Gasteiger partial charge < -0.3 is 4.74 Å². The molecule has 0 aromatic rings. The third kappa shape index (κ3) is 4.35. The van der Waals surface area contributed by atoms with Crippen molar-refractivity contribution in [2.75, 3.05) is 13.2 Å². The van der Waals surface area contributed by atoms with Gasteiger partial charge in [0.05, 0.1) is 0 Å². The van der Waals surface area contributed by atoms with Gasteiger partial charge in [-0.15, -0.1) is 0 Å². The van der Waals surface area contributed by atoms with Crippen molar-refractivity contribution in [3.05, 3.63) is 12.2 Å². The van der Waals surface area contributed by atoms with E-state index in [0.29, 0.717) is 12.1 Å². The van der Waals surface area contributed by atoms with Crippen LogP contribution in [-0.2, 0) is 9.53 Å². The summed E-state index contributed by atoms with van der Waals surface area (Å²) in [6, 6.07) is 0. The molecule has 0 spiro atoms. The van der Waals surface area contributed by atoms with E-state index in [1.54, 1.807) is 6.92 Å². The molecule has 0 heterocycles. The molecule has 1 N–H and O–H groups in total. The van der Waals surface area contributed by atoms with Crippen molar-refractivity contribution in [1.82, 2.24) is 4.84 Å². The molecule has 0 aliphatic rings. The monoisotopic (exact) mass is 163 g/mol. The molecule has 0 unspecified atom stereocenters. The van der Waals surface area contributed by atoms with Crippen molar-refractivity contribution in [3.63, 3.8) is 0 Å². The smallest absolute Gasteiger partial charge is 0.333 e. The molecular weight excluding hydrogens is 154 g/mol. The number of hydrogen-bond acceptors (Lipinski definition) is 3. The van der Waals surface area contributed by atoms with Gasteiger partial charge in [-0.3, -0.25) is 0 Å². The minimum atomic E-state index is -0.382. The average molecular weight is 164 g/mol. The van der Waals surface area contributed by atoms with Gasteiger partial charge >= 0.3 is 5.97 Å². The number of hydrogen-bond donors (Lipinski definition) is 1. The van der Waals surface area contributed by atoms with Crippen LogP contribution in [0.5, 0.6) is 0 Å². The molecule has 3 nitrogen and oxygen atoms in total. The molecule has 0 radical (unpaired) electrons. The number of halogens is 1.